The molecule has 0 aliphatic rings. The molecule has 2 aromatic heterocycles. The number of carbonyl (C=O) groups is 2. The Labute approximate surface area is 189 Å². The van der Waals surface area contributed by atoms with Crippen LogP contribution in [0.15, 0.2) is 82.6 Å². The summed E-state index contributed by atoms with van der Waals surface area (Å²) in [5, 5.41) is 3.12. The topological polar surface area (TPSA) is 103 Å². The van der Waals surface area contributed by atoms with Gasteiger partial charge in [-0.25, -0.2) is 9.36 Å². The lowest BCUT2D eigenvalue weighted by Gasteiger charge is -2.19. The summed E-state index contributed by atoms with van der Waals surface area (Å²) in [5.41, 5.74) is 0.844. The normalized spacial score (nSPS) is 11.8. The van der Waals surface area contributed by atoms with Crippen molar-refractivity contribution in [3.05, 3.63) is 105 Å². The number of nitrogens with one attached hydrogen (secondary N) is 1. The van der Waals surface area contributed by atoms with Crippen molar-refractivity contribution < 1.29 is 9.59 Å². The minimum Gasteiger partial charge on any atom is -0.350 e. The van der Waals surface area contributed by atoms with Gasteiger partial charge < -0.3 is 5.32 Å². The lowest BCUT2D eigenvalue weighted by molar-refractivity contribution is -0.124. The van der Waals surface area contributed by atoms with Gasteiger partial charge in [0.1, 0.15) is 6.04 Å². The number of hydrogen-bond acceptors (Lipinski definition) is 5. The fourth-order valence-corrected chi connectivity index (χ4v) is 3.69. The maximum Gasteiger partial charge on any atom is 0.336 e. The first-order valence-electron chi connectivity index (χ1n) is 10.4. The Morgan fingerprint density at radius 3 is 2.39 bits per heavy atom. The molecule has 8 nitrogen and oxygen atoms in total. The molecule has 0 bridgehead atoms. The molecule has 0 aliphatic carbocycles. The fraction of sp³-hybridized carbons (Fsp3) is 0.160. The number of benzene rings is 2. The first kappa shape index (κ1) is 21.9. The predicted molar refractivity (Wildman–Crippen MR) is 125 cm³/mol. The quantitative estimate of drug-likeness (QED) is 0.463. The molecule has 1 atom stereocenters. The van der Waals surface area contributed by atoms with Crippen LogP contribution in [-0.4, -0.2) is 25.8 Å². The molecule has 0 saturated carbocycles. The summed E-state index contributed by atoms with van der Waals surface area (Å²) in [7, 11) is 0. The van der Waals surface area contributed by atoms with E-state index in [1.54, 1.807) is 73.9 Å². The van der Waals surface area contributed by atoms with Crippen molar-refractivity contribution in [2.45, 2.75) is 26.4 Å². The van der Waals surface area contributed by atoms with Gasteiger partial charge >= 0.3 is 5.69 Å². The van der Waals surface area contributed by atoms with E-state index in [1.165, 1.54) is 11.5 Å². The SMILES string of the molecule is CC(=O)c1ccc(-n2c(=O)c3ccccc3n(C(C)C(=O)NCc3cccnc3)c2=O)cc1. The third-order valence-electron chi connectivity index (χ3n) is 5.48. The monoisotopic (exact) mass is 442 g/mol. The number of pyridine rings is 1. The Morgan fingerprint density at radius 2 is 1.73 bits per heavy atom. The molecule has 0 radical (unpaired) electrons. The highest BCUT2D eigenvalue weighted by Gasteiger charge is 2.22. The van der Waals surface area contributed by atoms with Crippen molar-refractivity contribution >= 4 is 22.6 Å². The van der Waals surface area contributed by atoms with Crippen LogP contribution in [0.1, 0.15) is 35.8 Å². The summed E-state index contributed by atoms with van der Waals surface area (Å²) >= 11 is 0. The highest BCUT2D eigenvalue weighted by atomic mass is 16.2. The molecular weight excluding hydrogens is 420 g/mol. The Morgan fingerprint density at radius 1 is 1.00 bits per heavy atom. The number of nitrogens with zero attached hydrogens (tertiary/aromatic N) is 3. The zero-order valence-electron chi connectivity index (χ0n) is 18.2. The summed E-state index contributed by atoms with van der Waals surface area (Å²) in [6.07, 6.45) is 3.29. The number of Topliss-reactive ketones (excluding diaryl/α,β-unsaturated/α-hetero) is 1. The minimum absolute atomic E-state index is 0.122. The van der Waals surface area contributed by atoms with Gasteiger partial charge in [-0.1, -0.05) is 18.2 Å². The average molecular weight is 442 g/mol. The highest BCUT2D eigenvalue weighted by molar-refractivity contribution is 5.94. The van der Waals surface area contributed by atoms with Crippen LogP contribution in [0.5, 0.6) is 0 Å². The van der Waals surface area contributed by atoms with E-state index in [-0.39, 0.29) is 18.2 Å². The van der Waals surface area contributed by atoms with E-state index in [0.717, 1.165) is 10.1 Å². The van der Waals surface area contributed by atoms with Gasteiger partial charge in [-0.3, -0.25) is 23.9 Å². The van der Waals surface area contributed by atoms with E-state index < -0.39 is 17.3 Å². The third kappa shape index (κ3) is 4.23. The van der Waals surface area contributed by atoms with Crippen LogP contribution in [-0.2, 0) is 11.3 Å². The molecule has 1 N–H and O–H groups in total. The molecular formula is C25H22N4O4. The van der Waals surface area contributed by atoms with Crippen LogP contribution in [0.2, 0.25) is 0 Å². The molecule has 1 amide bonds. The lowest BCUT2D eigenvalue weighted by Crippen LogP contribution is -2.43. The van der Waals surface area contributed by atoms with Gasteiger partial charge in [0.25, 0.3) is 5.56 Å². The fourth-order valence-electron chi connectivity index (χ4n) is 3.69. The second-order valence-corrected chi connectivity index (χ2v) is 7.67. The number of carbonyl (C=O) groups excluding carboxylic acids is 2. The van der Waals surface area contributed by atoms with E-state index in [4.69, 9.17) is 0 Å². The number of fused-ring (bicyclic) bond motifs is 1. The second kappa shape index (κ2) is 9.04. The smallest absolute Gasteiger partial charge is 0.336 e. The molecule has 1 unspecified atom stereocenters. The summed E-state index contributed by atoms with van der Waals surface area (Å²) in [5.74, 6) is -0.494. The second-order valence-electron chi connectivity index (χ2n) is 7.67. The van der Waals surface area contributed by atoms with Crippen LogP contribution in [0.25, 0.3) is 16.6 Å². The van der Waals surface area contributed by atoms with Crippen molar-refractivity contribution in [2.75, 3.05) is 0 Å². The summed E-state index contributed by atoms with van der Waals surface area (Å²) < 4.78 is 2.34. The first-order valence-corrected chi connectivity index (χ1v) is 10.4. The molecule has 0 aliphatic heterocycles. The Kier molecular flexibility index (Phi) is 5.99. The van der Waals surface area contributed by atoms with Gasteiger partial charge in [-0.15, -0.1) is 0 Å². The summed E-state index contributed by atoms with van der Waals surface area (Å²) in [6.45, 7) is 3.31. The first-order chi connectivity index (χ1) is 15.9. The van der Waals surface area contributed by atoms with Crippen LogP contribution < -0.4 is 16.6 Å². The van der Waals surface area contributed by atoms with Gasteiger partial charge in [0.15, 0.2) is 5.78 Å². The van der Waals surface area contributed by atoms with Gasteiger partial charge in [0.05, 0.1) is 16.6 Å². The van der Waals surface area contributed by atoms with Crippen molar-refractivity contribution in [1.29, 1.82) is 0 Å². The van der Waals surface area contributed by atoms with Crippen molar-refractivity contribution in [3.63, 3.8) is 0 Å². The molecule has 166 valence electrons. The third-order valence-corrected chi connectivity index (χ3v) is 5.48. The molecule has 4 rings (SSSR count). The van der Waals surface area contributed by atoms with Gasteiger partial charge in [-0.2, -0.15) is 0 Å². The van der Waals surface area contributed by atoms with Crippen LogP contribution in [0.3, 0.4) is 0 Å². The number of para-hydroxylation sites is 1. The van der Waals surface area contributed by atoms with Gasteiger partial charge in [0.2, 0.25) is 5.91 Å². The highest BCUT2D eigenvalue weighted by Crippen LogP contribution is 2.15. The predicted octanol–water partition coefficient (Wildman–Crippen LogP) is 2.63. The average Bonchev–Trinajstić information content (AvgIpc) is 2.83. The van der Waals surface area contributed by atoms with Crippen LogP contribution in [0, 0.1) is 0 Å². The molecule has 2 aromatic carbocycles. The van der Waals surface area contributed by atoms with Crippen molar-refractivity contribution in [3.8, 4) is 5.69 Å². The van der Waals surface area contributed by atoms with E-state index in [0.29, 0.717) is 22.2 Å². The maximum atomic E-state index is 13.5. The molecule has 0 spiro atoms. The molecule has 0 fully saturated rings. The zero-order valence-corrected chi connectivity index (χ0v) is 18.2. The van der Waals surface area contributed by atoms with E-state index in [1.807, 2.05) is 6.07 Å². The number of rotatable bonds is 6. The van der Waals surface area contributed by atoms with Crippen LogP contribution in [0.4, 0.5) is 0 Å². The van der Waals surface area contributed by atoms with E-state index >= 15 is 0 Å². The van der Waals surface area contributed by atoms with Crippen molar-refractivity contribution in [1.82, 2.24) is 19.4 Å². The van der Waals surface area contributed by atoms with E-state index in [2.05, 4.69) is 10.3 Å². The van der Waals surface area contributed by atoms with Gasteiger partial charge in [-0.05, 0) is 61.9 Å². The Hall–Kier alpha value is -4.33. The molecule has 2 heterocycles. The molecule has 4 aromatic rings. The number of amides is 1. The number of aromatic nitrogens is 3. The molecule has 33 heavy (non-hydrogen) atoms. The molecule has 0 saturated heterocycles. The standard InChI is InChI=1S/C25H22N4O4/c1-16(23(31)27-15-18-6-5-13-26-14-18)28-22-8-4-3-7-21(22)24(32)29(25(28)33)20-11-9-19(10-12-20)17(2)30/h3-14,16H,15H2,1-2H3,(H,27,31). The Bertz CT molecular complexity index is 1450. The number of hydrogen-bond donors (Lipinski definition) is 1. The largest absolute Gasteiger partial charge is 0.350 e. The van der Waals surface area contributed by atoms with Crippen molar-refractivity contribution in [2.24, 2.45) is 0 Å². The summed E-state index contributed by atoms with van der Waals surface area (Å²) in [6, 6.07) is 15.6. The zero-order chi connectivity index (χ0) is 23.5. The van der Waals surface area contributed by atoms with Crippen LogP contribution >= 0.6 is 0 Å². The lowest BCUT2D eigenvalue weighted by atomic mass is 10.1. The minimum atomic E-state index is -0.887. The van der Waals surface area contributed by atoms with Gasteiger partial charge in [0, 0.05) is 24.5 Å². The summed E-state index contributed by atoms with van der Waals surface area (Å²) in [4.78, 5) is 55.3. The Balaban J connectivity index is 1.80. The maximum absolute atomic E-state index is 13.5. The van der Waals surface area contributed by atoms with E-state index in [9.17, 15) is 19.2 Å². The number of ketones is 1. The molecule has 8 heteroatoms.